The minimum absolute atomic E-state index is 0.0687. The van der Waals surface area contributed by atoms with Crippen LogP contribution in [0.3, 0.4) is 0 Å². The molecule has 26 heavy (non-hydrogen) atoms. The first kappa shape index (κ1) is 17.2. The van der Waals surface area contributed by atoms with Crippen molar-refractivity contribution in [1.29, 1.82) is 0 Å². The van der Waals surface area contributed by atoms with E-state index >= 15 is 0 Å². The first-order chi connectivity index (χ1) is 12.6. The average Bonchev–Trinajstić information content (AvgIpc) is 3.18. The SMILES string of the molecule is O=C(NCCNC(=O)c1cc2ccccc2cc1C(=O)O)c1ccco1. The summed E-state index contributed by atoms with van der Waals surface area (Å²) in [5.41, 5.74) is 0.00869. The van der Waals surface area contributed by atoms with Crippen LogP contribution in [0.4, 0.5) is 0 Å². The summed E-state index contributed by atoms with van der Waals surface area (Å²) in [5, 5.41) is 16.1. The Labute approximate surface area is 148 Å². The second kappa shape index (κ2) is 7.52. The van der Waals surface area contributed by atoms with E-state index in [0.29, 0.717) is 0 Å². The third-order valence-corrected chi connectivity index (χ3v) is 3.80. The Morgan fingerprint density at radius 1 is 0.846 bits per heavy atom. The lowest BCUT2D eigenvalue weighted by Crippen LogP contribution is -2.35. The number of carboxylic acid groups (broad SMARTS) is 1. The van der Waals surface area contributed by atoms with Crippen LogP contribution < -0.4 is 10.6 Å². The van der Waals surface area contributed by atoms with Crippen LogP contribution >= 0.6 is 0 Å². The van der Waals surface area contributed by atoms with Crippen LogP contribution in [0.15, 0.2) is 59.2 Å². The van der Waals surface area contributed by atoms with Gasteiger partial charge in [-0.3, -0.25) is 9.59 Å². The summed E-state index contributed by atoms with van der Waals surface area (Å²) < 4.78 is 4.96. The smallest absolute Gasteiger partial charge is 0.336 e. The average molecular weight is 352 g/mol. The topological polar surface area (TPSA) is 109 Å². The molecule has 3 aromatic rings. The van der Waals surface area contributed by atoms with Crippen LogP contribution in [0, 0.1) is 0 Å². The highest BCUT2D eigenvalue weighted by molar-refractivity contribution is 6.08. The van der Waals surface area contributed by atoms with E-state index in [-0.39, 0.29) is 35.9 Å². The van der Waals surface area contributed by atoms with Gasteiger partial charge in [-0.25, -0.2) is 4.79 Å². The van der Waals surface area contributed by atoms with E-state index in [1.165, 1.54) is 18.4 Å². The van der Waals surface area contributed by atoms with Crippen LogP contribution in [-0.4, -0.2) is 36.0 Å². The van der Waals surface area contributed by atoms with Gasteiger partial charge in [0.15, 0.2) is 5.76 Å². The normalized spacial score (nSPS) is 10.5. The van der Waals surface area contributed by atoms with Crippen molar-refractivity contribution < 1.29 is 23.9 Å². The molecule has 2 aromatic carbocycles. The zero-order valence-corrected chi connectivity index (χ0v) is 13.7. The maximum atomic E-state index is 12.4. The standard InChI is InChI=1S/C19H16N2O5/c22-17(20-7-8-21-18(23)16-6-3-9-26-16)14-10-12-4-1-2-5-13(12)11-15(14)19(24)25/h1-6,9-11H,7-8H2,(H,20,22)(H,21,23)(H,24,25). The minimum atomic E-state index is -1.17. The van der Waals surface area contributed by atoms with Gasteiger partial charge in [0.05, 0.1) is 17.4 Å². The Morgan fingerprint density at radius 2 is 1.46 bits per heavy atom. The number of fused-ring (bicyclic) bond motifs is 1. The molecule has 0 spiro atoms. The summed E-state index contributed by atoms with van der Waals surface area (Å²) in [6.07, 6.45) is 1.39. The van der Waals surface area contributed by atoms with Gasteiger partial charge < -0.3 is 20.2 Å². The molecule has 0 fully saturated rings. The molecule has 0 saturated heterocycles. The number of rotatable bonds is 6. The summed E-state index contributed by atoms with van der Waals surface area (Å²) in [7, 11) is 0. The molecule has 0 aliphatic heterocycles. The van der Waals surface area contributed by atoms with Crippen LogP contribution in [0.5, 0.6) is 0 Å². The lowest BCUT2D eigenvalue weighted by molar-refractivity contribution is 0.0691. The van der Waals surface area contributed by atoms with Crippen molar-refractivity contribution in [2.75, 3.05) is 13.1 Å². The molecule has 0 aliphatic carbocycles. The van der Waals surface area contributed by atoms with E-state index in [1.54, 1.807) is 30.3 Å². The molecular weight excluding hydrogens is 336 g/mol. The molecule has 7 heteroatoms. The second-order valence-corrected chi connectivity index (χ2v) is 5.54. The highest BCUT2D eigenvalue weighted by atomic mass is 16.4. The van der Waals surface area contributed by atoms with Gasteiger partial charge in [-0.1, -0.05) is 24.3 Å². The van der Waals surface area contributed by atoms with Gasteiger partial charge in [0.2, 0.25) is 0 Å². The van der Waals surface area contributed by atoms with Gasteiger partial charge in [-0.2, -0.15) is 0 Å². The number of benzene rings is 2. The highest BCUT2D eigenvalue weighted by Gasteiger charge is 2.17. The molecule has 0 unspecified atom stereocenters. The van der Waals surface area contributed by atoms with Crippen LogP contribution in [0.1, 0.15) is 31.3 Å². The number of carboxylic acids is 1. The summed E-state index contributed by atoms with van der Waals surface area (Å²) in [5.74, 6) is -1.90. The molecule has 3 N–H and O–H groups in total. The fourth-order valence-electron chi connectivity index (χ4n) is 2.55. The van der Waals surface area contributed by atoms with Gasteiger partial charge in [-0.05, 0) is 35.0 Å². The molecule has 7 nitrogen and oxygen atoms in total. The fraction of sp³-hybridized carbons (Fsp3) is 0.105. The number of furan rings is 1. The molecule has 3 rings (SSSR count). The summed E-state index contributed by atoms with van der Waals surface area (Å²) in [6.45, 7) is 0.332. The quantitative estimate of drug-likeness (QED) is 0.590. The van der Waals surface area contributed by atoms with E-state index in [1.807, 2.05) is 6.07 Å². The van der Waals surface area contributed by atoms with E-state index in [0.717, 1.165) is 10.8 Å². The monoisotopic (exact) mass is 352 g/mol. The molecule has 0 atom stereocenters. The van der Waals surface area contributed by atoms with Gasteiger partial charge in [0.25, 0.3) is 11.8 Å². The molecule has 1 aromatic heterocycles. The van der Waals surface area contributed by atoms with Gasteiger partial charge in [-0.15, -0.1) is 0 Å². The number of hydrogen-bond acceptors (Lipinski definition) is 4. The van der Waals surface area contributed by atoms with Crippen molar-refractivity contribution in [1.82, 2.24) is 10.6 Å². The Balaban J connectivity index is 1.66. The minimum Gasteiger partial charge on any atom is -0.478 e. The third-order valence-electron chi connectivity index (χ3n) is 3.80. The molecule has 132 valence electrons. The second-order valence-electron chi connectivity index (χ2n) is 5.54. The maximum absolute atomic E-state index is 12.4. The Morgan fingerprint density at radius 3 is 2.04 bits per heavy atom. The van der Waals surface area contributed by atoms with Crippen molar-refractivity contribution in [3.63, 3.8) is 0 Å². The molecule has 1 heterocycles. The first-order valence-electron chi connectivity index (χ1n) is 7.92. The lowest BCUT2D eigenvalue weighted by Gasteiger charge is -2.10. The maximum Gasteiger partial charge on any atom is 0.336 e. The molecule has 0 saturated carbocycles. The summed E-state index contributed by atoms with van der Waals surface area (Å²) >= 11 is 0. The fourth-order valence-corrected chi connectivity index (χ4v) is 2.55. The third kappa shape index (κ3) is 3.72. The Hall–Kier alpha value is -3.61. The summed E-state index contributed by atoms with van der Waals surface area (Å²) in [6, 6.07) is 13.4. The number of aromatic carboxylic acids is 1. The number of nitrogens with one attached hydrogen (secondary N) is 2. The van der Waals surface area contributed by atoms with Crippen molar-refractivity contribution in [2.24, 2.45) is 0 Å². The number of carbonyl (C=O) groups excluding carboxylic acids is 2. The molecule has 0 bridgehead atoms. The highest BCUT2D eigenvalue weighted by Crippen LogP contribution is 2.20. The molecule has 2 amide bonds. The summed E-state index contributed by atoms with van der Waals surface area (Å²) in [4.78, 5) is 35.6. The molecule has 0 radical (unpaired) electrons. The van der Waals surface area contributed by atoms with Crippen molar-refractivity contribution in [3.05, 3.63) is 71.7 Å². The Bertz CT molecular complexity index is 963. The van der Waals surface area contributed by atoms with Gasteiger partial charge in [0, 0.05) is 13.1 Å². The van der Waals surface area contributed by atoms with Crippen molar-refractivity contribution >= 4 is 28.6 Å². The first-order valence-corrected chi connectivity index (χ1v) is 7.92. The van der Waals surface area contributed by atoms with Crippen molar-refractivity contribution in [2.45, 2.75) is 0 Å². The molecule has 0 aliphatic rings. The van der Waals surface area contributed by atoms with Crippen molar-refractivity contribution in [3.8, 4) is 0 Å². The predicted octanol–water partition coefficient (Wildman–Crippen LogP) is 2.29. The van der Waals surface area contributed by atoms with Crippen LogP contribution in [0.25, 0.3) is 10.8 Å². The van der Waals surface area contributed by atoms with Crippen LogP contribution in [-0.2, 0) is 0 Å². The van der Waals surface area contributed by atoms with E-state index in [9.17, 15) is 19.5 Å². The number of hydrogen-bond donors (Lipinski definition) is 3. The number of carbonyl (C=O) groups is 3. The van der Waals surface area contributed by atoms with E-state index in [2.05, 4.69) is 10.6 Å². The molecular formula is C19H16N2O5. The Kier molecular flexibility index (Phi) is 4.98. The zero-order chi connectivity index (χ0) is 18.5. The zero-order valence-electron chi connectivity index (χ0n) is 13.7. The number of amides is 2. The van der Waals surface area contributed by atoms with Crippen LogP contribution in [0.2, 0.25) is 0 Å². The largest absolute Gasteiger partial charge is 0.478 e. The van der Waals surface area contributed by atoms with Gasteiger partial charge in [0.1, 0.15) is 0 Å². The van der Waals surface area contributed by atoms with E-state index < -0.39 is 11.9 Å². The predicted molar refractivity (Wildman–Crippen MR) is 94.3 cm³/mol. The lowest BCUT2D eigenvalue weighted by atomic mass is 10.0. The van der Waals surface area contributed by atoms with E-state index in [4.69, 9.17) is 4.42 Å². The van der Waals surface area contributed by atoms with Gasteiger partial charge >= 0.3 is 5.97 Å².